The van der Waals surface area contributed by atoms with E-state index in [1.54, 1.807) is 24.3 Å². The number of nitrogens with one attached hydrogen (secondary N) is 2. The first kappa shape index (κ1) is 19.7. The smallest absolute Gasteiger partial charge is 0.409 e. The van der Waals surface area contributed by atoms with Gasteiger partial charge >= 0.3 is 12.1 Å². The van der Waals surface area contributed by atoms with E-state index in [0.29, 0.717) is 19.7 Å². The van der Waals surface area contributed by atoms with Gasteiger partial charge in [-0.3, -0.25) is 0 Å². The summed E-state index contributed by atoms with van der Waals surface area (Å²) in [7, 11) is 0. The standard InChI is InChI=1S/C20H27N5O3/c1-3-28-20(27)24-11-8-17(9-12-24)23-19(26)22-15(2)16-4-6-18(7-5-16)25-13-10-21-14-25/h4-7,10,13-15,17H,3,8-9,11-12H2,1-2H3,(H2,22,23,26). The predicted molar refractivity (Wildman–Crippen MR) is 105 cm³/mol. The van der Waals surface area contributed by atoms with Crippen molar-refractivity contribution in [2.24, 2.45) is 0 Å². The van der Waals surface area contributed by atoms with Gasteiger partial charge < -0.3 is 24.8 Å². The highest BCUT2D eigenvalue weighted by molar-refractivity contribution is 5.75. The van der Waals surface area contributed by atoms with Gasteiger partial charge in [0.25, 0.3) is 0 Å². The Balaban J connectivity index is 1.45. The largest absolute Gasteiger partial charge is 0.450 e. The number of hydrogen-bond donors (Lipinski definition) is 2. The van der Waals surface area contributed by atoms with E-state index in [0.717, 1.165) is 24.1 Å². The van der Waals surface area contributed by atoms with E-state index in [1.807, 2.05) is 42.0 Å². The third-order valence-corrected chi connectivity index (χ3v) is 4.90. The minimum Gasteiger partial charge on any atom is -0.450 e. The van der Waals surface area contributed by atoms with Crippen LogP contribution >= 0.6 is 0 Å². The number of ether oxygens (including phenoxy) is 1. The maximum atomic E-state index is 12.3. The summed E-state index contributed by atoms with van der Waals surface area (Å²) < 4.78 is 6.94. The van der Waals surface area contributed by atoms with Crippen molar-refractivity contribution >= 4 is 12.1 Å². The monoisotopic (exact) mass is 385 g/mol. The second-order valence-corrected chi connectivity index (χ2v) is 6.86. The average Bonchev–Trinajstić information content (AvgIpc) is 3.23. The quantitative estimate of drug-likeness (QED) is 0.828. The number of likely N-dealkylation sites (tertiary alicyclic amines) is 1. The number of urea groups is 1. The minimum absolute atomic E-state index is 0.0569. The number of benzene rings is 1. The molecule has 1 aliphatic heterocycles. The van der Waals surface area contributed by atoms with Gasteiger partial charge in [-0.1, -0.05) is 12.1 Å². The highest BCUT2D eigenvalue weighted by Crippen LogP contribution is 2.16. The van der Waals surface area contributed by atoms with Crippen LogP contribution in [0.1, 0.15) is 38.3 Å². The Labute approximate surface area is 164 Å². The van der Waals surface area contributed by atoms with Crippen LogP contribution in [0.4, 0.5) is 9.59 Å². The molecule has 1 fully saturated rings. The van der Waals surface area contributed by atoms with Crippen molar-refractivity contribution in [1.29, 1.82) is 0 Å². The molecule has 3 rings (SSSR count). The number of piperidine rings is 1. The van der Waals surface area contributed by atoms with Gasteiger partial charge in [-0.2, -0.15) is 0 Å². The van der Waals surface area contributed by atoms with Gasteiger partial charge in [0, 0.05) is 37.2 Å². The lowest BCUT2D eigenvalue weighted by Gasteiger charge is -2.31. The van der Waals surface area contributed by atoms with Gasteiger partial charge in [0.2, 0.25) is 0 Å². The van der Waals surface area contributed by atoms with Crippen molar-refractivity contribution in [2.75, 3.05) is 19.7 Å². The second-order valence-electron chi connectivity index (χ2n) is 6.86. The first-order valence-corrected chi connectivity index (χ1v) is 9.64. The fourth-order valence-corrected chi connectivity index (χ4v) is 3.28. The van der Waals surface area contributed by atoms with Crippen LogP contribution in [-0.2, 0) is 4.74 Å². The molecule has 1 aliphatic rings. The number of nitrogens with zero attached hydrogens (tertiary/aromatic N) is 3. The van der Waals surface area contributed by atoms with Crippen LogP contribution < -0.4 is 10.6 Å². The maximum absolute atomic E-state index is 12.3. The van der Waals surface area contributed by atoms with Crippen LogP contribution in [0.5, 0.6) is 0 Å². The van der Waals surface area contributed by atoms with Gasteiger partial charge in [-0.25, -0.2) is 14.6 Å². The number of imidazole rings is 1. The summed E-state index contributed by atoms with van der Waals surface area (Å²) in [5.74, 6) is 0. The molecule has 2 aromatic rings. The van der Waals surface area contributed by atoms with Crippen LogP contribution in [0.15, 0.2) is 43.0 Å². The average molecular weight is 385 g/mol. The number of carbonyl (C=O) groups is 2. The SMILES string of the molecule is CCOC(=O)N1CCC(NC(=O)NC(C)c2ccc(-n3ccnc3)cc2)CC1. The third-order valence-electron chi connectivity index (χ3n) is 4.90. The molecule has 1 aromatic heterocycles. The number of hydrogen-bond acceptors (Lipinski definition) is 4. The number of amides is 3. The third kappa shape index (κ3) is 5.03. The first-order valence-electron chi connectivity index (χ1n) is 9.64. The molecular weight excluding hydrogens is 358 g/mol. The first-order chi connectivity index (χ1) is 13.6. The molecule has 150 valence electrons. The molecule has 8 heteroatoms. The molecule has 0 radical (unpaired) electrons. The van der Waals surface area contributed by atoms with Crippen LogP contribution in [0.25, 0.3) is 5.69 Å². The van der Waals surface area contributed by atoms with Gasteiger partial charge in [-0.15, -0.1) is 0 Å². The maximum Gasteiger partial charge on any atom is 0.409 e. The fourth-order valence-electron chi connectivity index (χ4n) is 3.28. The molecule has 0 bridgehead atoms. The van der Waals surface area contributed by atoms with Gasteiger partial charge in [0.1, 0.15) is 0 Å². The normalized spacial score (nSPS) is 15.7. The van der Waals surface area contributed by atoms with E-state index in [4.69, 9.17) is 4.74 Å². The molecule has 0 spiro atoms. The van der Waals surface area contributed by atoms with E-state index in [-0.39, 0.29) is 24.2 Å². The molecule has 1 atom stereocenters. The highest BCUT2D eigenvalue weighted by Gasteiger charge is 2.24. The van der Waals surface area contributed by atoms with Gasteiger partial charge in [0.15, 0.2) is 0 Å². The lowest BCUT2D eigenvalue weighted by atomic mass is 10.1. The molecule has 1 aromatic carbocycles. The summed E-state index contributed by atoms with van der Waals surface area (Å²) >= 11 is 0. The van der Waals surface area contributed by atoms with E-state index in [9.17, 15) is 9.59 Å². The number of carbonyl (C=O) groups excluding carboxylic acids is 2. The van der Waals surface area contributed by atoms with Crippen LogP contribution in [-0.4, -0.2) is 52.3 Å². The van der Waals surface area contributed by atoms with E-state index >= 15 is 0 Å². The highest BCUT2D eigenvalue weighted by atomic mass is 16.6. The predicted octanol–water partition coefficient (Wildman–Crippen LogP) is 2.85. The molecule has 8 nitrogen and oxygen atoms in total. The molecule has 0 aliphatic carbocycles. The molecule has 1 unspecified atom stereocenters. The molecular formula is C20H27N5O3. The van der Waals surface area contributed by atoms with Crippen LogP contribution in [0.3, 0.4) is 0 Å². The summed E-state index contributed by atoms with van der Waals surface area (Å²) in [6.45, 7) is 5.31. The van der Waals surface area contributed by atoms with Crippen molar-refractivity contribution in [3.05, 3.63) is 48.5 Å². The molecule has 2 heterocycles. The van der Waals surface area contributed by atoms with Crippen molar-refractivity contribution < 1.29 is 14.3 Å². The van der Waals surface area contributed by atoms with Gasteiger partial charge in [-0.05, 0) is 44.4 Å². The lowest BCUT2D eigenvalue weighted by molar-refractivity contribution is 0.0957. The fraction of sp³-hybridized carbons (Fsp3) is 0.450. The van der Waals surface area contributed by atoms with Crippen molar-refractivity contribution in [2.45, 2.75) is 38.8 Å². The zero-order valence-electron chi connectivity index (χ0n) is 16.3. The summed E-state index contributed by atoms with van der Waals surface area (Å²) in [5, 5.41) is 5.98. The molecule has 3 amide bonds. The summed E-state index contributed by atoms with van der Waals surface area (Å²) in [6.07, 6.45) is 6.53. The Bertz CT molecular complexity index is 768. The Morgan fingerprint density at radius 3 is 2.57 bits per heavy atom. The zero-order chi connectivity index (χ0) is 19.9. The molecule has 0 saturated carbocycles. The zero-order valence-corrected chi connectivity index (χ0v) is 16.3. The molecule has 1 saturated heterocycles. The van der Waals surface area contributed by atoms with Crippen LogP contribution in [0.2, 0.25) is 0 Å². The summed E-state index contributed by atoms with van der Waals surface area (Å²) in [5.41, 5.74) is 2.04. The molecule has 28 heavy (non-hydrogen) atoms. The van der Waals surface area contributed by atoms with Crippen molar-refractivity contribution in [3.63, 3.8) is 0 Å². The van der Waals surface area contributed by atoms with Crippen LogP contribution in [0, 0.1) is 0 Å². The van der Waals surface area contributed by atoms with E-state index in [1.165, 1.54) is 0 Å². The van der Waals surface area contributed by atoms with Gasteiger partial charge in [0.05, 0.1) is 19.0 Å². The van der Waals surface area contributed by atoms with E-state index in [2.05, 4.69) is 15.6 Å². The van der Waals surface area contributed by atoms with Crippen molar-refractivity contribution in [1.82, 2.24) is 25.1 Å². The van der Waals surface area contributed by atoms with E-state index < -0.39 is 0 Å². The summed E-state index contributed by atoms with van der Waals surface area (Å²) in [6, 6.07) is 7.74. The number of aromatic nitrogens is 2. The Hall–Kier alpha value is -3.03. The topological polar surface area (TPSA) is 88.5 Å². The molecule has 2 N–H and O–H groups in total. The Morgan fingerprint density at radius 2 is 1.96 bits per heavy atom. The second kappa shape index (κ2) is 9.25. The Kier molecular flexibility index (Phi) is 6.52. The number of rotatable bonds is 5. The summed E-state index contributed by atoms with van der Waals surface area (Å²) in [4.78, 5) is 29.8. The minimum atomic E-state index is -0.279. The van der Waals surface area contributed by atoms with Crippen molar-refractivity contribution in [3.8, 4) is 5.69 Å². The lowest BCUT2D eigenvalue weighted by Crippen LogP contribution is -2.49. The Morgan fingerprint density at radius 1 is 1.25 bits per heavy atom.